The smallest absolute Gasteiger partial charge is 0.271 e. The normalized spacial score (nSPS) is 10.9. The van der Waals surface area contributed by atoms with E-state index in [2.05, 4.69) is 58.3 Å². The van der Waals surface area contributed by atoms with Crippen LogP contribution in [0.5, 0.6) is 11.5 Å². The zero-order valence-electron chi connectivity index (χ0n) is 17.3. The Morgan fingerprint density at radius 1 is 0.969 bits per heavy atom. The van der Waals surface area contributed by atoms with E-state index in [4.69, 9.17) is 9.47 Å². The Labute approximate surface area is 212 Å². The van der Waals surface area contributed by atoms with Crippen LogP contribution in [-0.2, 0) is 6.61 Å². The fourth-order valence-corrected chi connectivity index (χ4v) is 4.40. The molecule has 166 valence electrons. The molecule has 0 heterocycles. The molecule has 0 aliphatic rings. The van der Waals surface area contributed by atoms with E-state index in [1.54, 1.807) is 30.5 Å². The molecule has 0 aliphatic carbocycles. The lowest BCUT2D eigenvalue weighted by molar-refractivity contribution is 0.0955. The Morgan fingerprint density at radius 2 is 1.62 bits per heavy atom. The molecule has 0 fully saturated rings. The molecule has 0 aliphatic heterocycles. The van der Waals surface area contributed by atoms with E-state index in [0.29, 0.717) is 24.5 Å². The summed E-state index contributed by atoms with van der Waals surface area (Å²) < 4.78 is 14.1. The van der Waals surface area contributed by atoms with Gasteiger partial charge < -0.3 is 9.47 Å². The Morgan fingerprint density at radius 3 is 2.25 bits per heavy atom. The minimum atomic E-state index is -0.295. The van der Waals surface area contributed by atoms with E-state index in [1.807, 2.05) is 43.3 Å². The Balaban J connectivity index is 1.58. The first-order chi connectivity index (χ1) is 15.5. The number of rotatable bonds is 9. The number of hydrogen-bond donors (Lipinski definition) is 1. The predicted octanol–water partition coefficient (Wildman–Crippen LogP) is 7.11. The number of halogens is 3. The minimum Gasteiger partial charge on any atom is -0.494 e. The highest BCUT2D eigenvalue weighted by Crippen LogP contribution is 2.35. The maximum absolute atomic E-state index is 12.3. The van der Waals surface area contributed by atoms with Gasteiger partial charge in [-0.25, -0.2) is 5.43 Å². The van der Waals surface area contributed by atoms with Crippen molar-refractivity contribution in [1.29, 1.82) is 0 Å². The number of carbonyl (C=O) groups is 1. The number of ether oxygens (including phenoxy) is 2. The maximum atomic E-state index is 12.3. The highest BCUT2D eigenvalue weighted by molar-refractivity contribution is 9.11. The average Bonchev–Trinajstić information content (AvgIpc) is 2.78. The van der Waals surface area contributed by atoms with Crippen LogP contribution >= 0.6 is 47.8 Å². The number of hydrazone groups is 1. The Kier molecular flexibility index (Phi) is 9.32. The second kappa shape index (κ2) is 12.2. The van der Waals surface area contributed by atoms with E-state index >= 15 is 0 Å². The Hall–Kier alpha value is -2.16. The highest BCUT2D eigenvalue weighted by Gasteiger charge is 2.09. The van der Waals surface area contributed by atoms with Crippen LogP contribution in [0.2, 0.25) is 0 Å². The number of benzene rings is 3. The summed E-state index contributed by atoms with van der Waals surface area (Å²) in [6.45, 7) is 3.13. The first-order valence-electron chi connectivity index (χ1n) is 9.89. The van der Waals surface area contributed by atoms with Gasteiger partial charge in [0.25, 0.3) is 5.91 Å². The van der Waals surface area contributed by atoms with Crippen molar-refractivity contribution in [2.45, 2.75) is 20.0 Å². The molecule has 8 heteroatoms. The van der Waals surface area contributed by atoms with Crippen molar-refractivity contribution in [3.8, 4) is 11.5 Å². The van der Waals surface area contributed by atoms with E-state index < -0.39 is 0 Å². The molecule has 5 nitrogen and oxygen atoms in total. The van der Waals surface area contributed by atoms with Crippen LogP contribution in [0.1, 0.15) is 34.8 Å². The van der Waals surface area contributed by atoms with Gasteiger partial charge in [-0.3, -0.25) is 4.79 Å². The zero-order valence-corrected chi connectivity index (χ0v) is 22.0. The van der Waals surface area contributed by atoms with Gasteiger partial charge >= 0.3 is 0 Å². The zero-order chi connectivity index (χ0) is 22.9. The van der Waals surface area contributed by atoms with Crippen LogP contribution in [-0.4, -0.2) is 18.7 Å². The number of carbonyl (C=O) groups excluding carboxylic acids is 1. The summed E-state index contributed by atoms with van der Waals surface area (Å²) in [7, 11) is 0. The van der Waals surface area contributed by atoms with Crippen molar-refractivity contribution in [2.24, 2.45) is 5.10 Å². The molecule has 0 atom stereocenters. The molecule has 0 aromatic heterocycles. The minimum absolute atomic E-state index is 0.295. The number of amides is 1. The molecule has 0 unspecified atom stereocenters. The molecule has 0 saturated carbocycles. The first-order valence-corrected chi connectivity index (χ1v) is 12.3. The van der Waals surface area contributed by atoms with Gasteiger partial charge in [0, 0.05) is 10.0 Å². The molecule has 0 bridgehead atoms. The third-order valence-corrected chi connectivity index (χ3v) is 5.99. The van der Waals surface area contributed by atoms with Crippen molar-refractivity contribution >= 4 is 59.9 Å². The lowest BCUT2D eigenvalue weighted by Crippen LogP contribution is -2.17. The van der Waals surface area contributed by atoms with Crippen molar-refractivity contribution in [3.05, 3.63) is 90.8 Å². The average molecular weight is 625 g/mol. The molecular weight excluding hydrogens is 604 g/mol. The van der Waals surface area contributed by atoms with Gasteiger partial charge in [0.15, 0.2) is 0 Å². The van der Waals surface area contributed by atoms with Crippen molar-refractivity contribution in [1.82, 2.24) is 5.43 Å². The van der Waals surface area contributed by atoms with Gasteiger partial charge in [-0.05, 0) is 97.9 Å². The monoisotopic (exact) mass is 622 g/mol. The van der Waals surface area contributed by atoms with Crippen LogP contribution in [0.15, 0.2) is 79.2 Å². The molecule has 0 radical (unpaired) electrons. The SMILES string of the molecule is CCCOc1ccc(C(=O)N/N=C/c2cc(Br)c(OCc3ccc(Br)cc3)c(Br)c2)cc1. The molecule has 1 N–H and O–H groups in total. The summed E-state index contributed by atoms with van der Waals surface area (Å²) in [4.78, 5) is 12.3. The summed E-state index contributed by atoms with van der Waals surface area (Å²) in [6.07, 6.45) is 2.51. The maximum Gasteiger partial charge on any atom is 0.271 e. The van der Waals surface area contributed by atoms with E-state index in [1.165, 1.54) is 0 Å². The summed E-state index contributed by atoms with van der Waals surface area (Å²) >= 11 is 10.5. The number of nitrogens with one attached hydrogen (secondary N) is 1. The van der Waals surface area contributed by atoms with E-state index in [9.17, 15) is 4.79 Å². The summed E-state index contributed by atoms with van der Waals surface area (Å²) in [5.74, 6) is 1.14. The van der Waals surface area contributed by atoms with Crippen LogP contribution in [0.4, 0.5) is 0 Å². The number of hydrogen-bond acceptors (Lipinski definition) is 4. The summed E-state index contributed by atoms with van der Waals surface area (Å²) in [6, 6.07) is 18.7. The molecule has 3 aromatic carbocycles. The second-order valence-electron chi connectivity index (χ2n) is 6.80. The van der Waals surface area contributed by atoms with Gasteiger partial charge in [0.05, 0.1) is 21.8 Å². The van der Waals surface area contributed by atoms with Crippen LogP contribution in [0, 0.1) is 0 Å². The highest BCUT2D eigenvalue weighted by atomic mass is 79.9. The fourth-order valence-electron chi connectivity index (χ4n) is 2.68. The molecule has 3 rings (SSSR count). The Bertz CT molecular complexity index is 1060. The van der Waals surface area contributed by atoms with Crippen LogP contribution < -0.4 is 14.9 Å². The summed E-state index contributed by atoms with van der Waals surface area (Å²) in [5, 5.41) is 4.06. The standard InChI is InChI=1S/C24H21Br3N2O3/c1-2-11-31-20-9-5-18(6-10-20)24(30)29-28-14-17-12-21(26)23(22(27)13-17)32-15-16-3-7-19(25)8-4-16/h3-10,12-14H,2,11,15H2,1H3,(H,29,30)/b28-14+. The van der Waals surface area contributed by atoms with Gasteiger partial charge in [-0.15, -0.1) is 0 Å². The lowest BCUT2D eigenvalue weighted by Gasteiger charge is -2.11. The lowest BCUT2D eigenvalue weighted by atomic mass is 10.2. The largest absolute Gasteiger partial charge is 0.494 e. The molecular formula is C24H21Br3N2O3. The van der Waals surface area contributed by atoms with Gasteiger partial charge in [-0.2, -0.15) is 5.10 Å². The van der Waals surface area contributed by atoms with Crippen molar-refractivity contribution < 1.29 is 14.3 Å². The molecule has 32 heavy (non-hydrogen) atoms. The van der Waals surface area contributed by atoms with Gasteiger partial charge in [0.1, 0.15) is 18.1 Å². The van der Waals surface area contributed by atoms with Crippen molar-refractivity contribution in [2.75, 3.05) is 6.61 Å². The molecule has 3 aromatic rings. The predicted molar refractivity (Wildman–Crippen MR) is 138 cm³/mol. The fraction of sp³-hybridized carbons (Fsp3) is 0.167. The second-order valence-corrected chi connectivity index (χ2v) is 9.43. The third-order valence-electron chi connectivity index (χ3n) is 4.29. The van der Waals surface area contributed by atoms with E-state index in [-0.39, 0.29) is 5.91 Å². The summed E-state index contributed by atoms with van der Waals surface area (Å²) in [5.41, 5.74) is 4.90. The molecule has 0 spiro atoms. The molecule has 1 amide bonds. The quantitative estimate of drug-likeness (QED) is 0.204. The first kappa shape index (κ1) is 24.5. The topological polar surface area (TPSA) is 59.9 Å². The van der Waals surface area contributed by atoms with Crippen LogP contribution in [0.25, 0.3) is 0 Å². The number of nitrogens with zero attached hydrogens (tertiary/aromatic N) is 1. The van der Waals surface area contributed by atoms with E-state index in [0.717, 1.165) is 36.7 Å². The van der Waals surface area contributed by atoms with Crippen LogP contribution in [0.3, 0.4) is 0 Å². The van der Waals surface area contributed by atoms with Gasteiger partial charge in [0.2, 0.25) is 0 Å². The third kappa shape index (κ3) is 7.18. The molecule has 0 saturated heterocycles. The van der Waals surface area contributed by atoms with Gasteiger partial charge in [-0.1, -0.05) is 35.0 Å². The van der Waals surface area contributed by atoms with Crippen molar-refractivity contribution in [3.63, 3.8) is 0 Å².